The minimum atomic E-state index is -1.09. The van der Waals surface area contributed by atoms with Gasteiger partial charge in [0.1, 0.15) is 6.61 Å². The van der Waals surface area contributed by atoms with Crippen LogP contribution < -0.4 is 10.6 Å². The van der Waals surface area contributed by atoms with Gasteiger partial charge in [0.25, 0.3) is 0 Å². The first-order valence-corrected chi connectivity index (χ1v) is 11.6. The number of nitrogens with one attached hydrogen (secondary N) is 2. The lowest BCUT2D eigenvalue weighted by atomic mass is 9.98. The van der Waals surface area contributed by atoms with Gasteiger partial charge in [-0.25, -0.2) is 9.59 Å². The van der Waals surface area contributed by atoms with Crippen molar-refractivity contribution in [1.29, 1.82) is 0 Å². The normalized spacial score (nSPS) is 12.9. The summed E-state index contributed by atoms with van der Waals surface area (Å²) in [4.78, 5) is 36.3. The van der Waals surface area contributed by atoms with E-state index in [-0.39, 0.29) is 48.6 Å². The summed E-state index contributed by atoms with van der Waals surface area (Å²) < 4.78 is 5.53. The number of fused-ring (bicyclic) bond motifs is 3. The molecule has 0 bridgehead atoms. The summed E-state index contributed by atoms with van der Waals surface area (Å²) in [6.45, 7) is 3.99. The number of ether oxygens (including phenoxy) is 1. The van der Waals surface area contributed by atoms with Crippen LogP contribution in [0.15, 0.2) is 66.7 Å². The van der Waals surface area contributed by atoms with Crippen LogP contribution >= 0.6 is 0 Å². The average molecular weight is 473 g/mol. The first-order valence-electron chi connectivity index (χ1n) is 11.6. The van der Waals surface area contributed by atoms with Gasteiger partial charge in [0.15, 0.2) is 0 Å². The van der Waals surface area contributed by atoms with E-state index in [9.17, 15) is 19.5 Å². The van der Waals surface area contributed by atoms with Gasteiger partial charge < -0.3 is 20.5 Å². The molecule has 0 heterocycles. The number of carbonyl (C=O) groups is 3. The second-order valence-electron chi connectivity index (χ2n) is 8.87. The van der Waals surface area contributed by atoms with E-state index in [1.807, 2.05) is 31.2 Å². The molecule has 2 amide bonds. The standard InChI is InChI=1S/C28H28N2O5/c1-17(14-25(31)30-24-13-7-8-18(2)26(24)27(32)33)15-29-28(34)35-16-23-21-11-5-3-9-19(21)20-10-4-6-12-22(20)23/h3-13,17,23H,14-16H2,1-2H3,(H,29,34)(H,30,31)(H,32,33). The Morgan fingerprint density at radius 3 is 2.20 bits per heavy atom. The van der Waals surface area contributed by atoms with E-state index in [1.165, 1.54) is 0 Å². The molecule has 3 aromatic carbocycles. The maximum Gasteiger partial charge on any atom is 0.407 e. The minimum Gasteiger partial charge on any atom is -0.478 e. The molecule has 0 saturated heterocycles. The van der Waals surface area contributed by atoms with Crippen molar-refractivity contribution in [2.24, 2.45) is 5.92 Å². The third kappa shape index (κ3) is 5.35. The molecule has 1 atom stereocenters. The Morgan fingerprint density at radius 2 is 1.57 bits per heavy atom. The first-order chi connectivity index (χ1) is 16.8. The van der Waals surface area contributed by atoms with E-state index < -0.39 is 12.1 Å². The van der Waals surface area contributed by atoms with Crippen LogP contribution in [0.5, 0.6) is 0 Å². The SMILES string of the molecule is Cc1cccc(NC(=O)CC(C)CNC(=O)OCC2c3ccccc3-c3ccccc32)c1C(=O)O. The van der Waals surface area contributed by atoms with Crippen LogP contribution in [-0.4, -0.2) is 36.2 Å². The number of hydrogen-bond donors (Lipinski definition) is 3. The van der Waals surface area contributed by atoms with Crippen molar-refractivity contribution in [2.45, 2.75) is 26.2 Å². The number of amides is 2. The molecule has 7 heteroatoms. The summed E-state index contributed by atoms with van der Waals surface area (Å²) in [6.07, 6.45) is -0.414. The fourth-order valence-corrected chi connectivity index (χ4v) is 4.55. The molecule has 0 spiro atoms. The second kappa shape index (κ2) is 10.4. The number of alkyl carbamates (subject to hydrolysis) is 1. The molecular weight excluding hydrogens is 444 g/mol. The zero-order valence-corrected chi connectivity index (χ0v) is 19.7. The molecule has 3 aromatic rings. The third-order valence-corrected chi connectivity index (χ3v) is 6.23. The minimum absolute atomic E-state index is 0.0193. The van der Waals surface area contributed by atoms with Crippen LogP contribution in [0.3, 0.4) is 0 Å². The van der Waals surface area contributed by atoms with Crippen LogP contribution in [0.1, 0.15) is 46.3 Å². The smallest absolute Gasteiger partial charge is 0.407 e. The fourth-order valence-electron chi connectivity index (χ4n) is 4.55. The maximum atomic E-state index is 12.4. The van der Waals surface area contributed by atoms with Crippen molar-refractivity contribution in [3.05, 3.63) is 89.0 Å². The number of carbonyl (C=O) groups excluding carboxylic acids is 2. The lowest BCUT2D eigenvalue weighted by Gasteiger charge is -2.16. The highest BCUT2D eigenvalue weighted by molar-refractivity contribution is 6.01. The van der Waals surface area contributed by atoms with Crippen molar-refractivity contribution >= 4 is 23.7 Å². The zero-order valence-electron chi connectivity index (χ0n) is 19.7. The van der Waals surface area contributed by atoms with Crippen LogP contribution in [0.25, 0.3) is 11.1 Å². The molecule has 35 heavy (non-hydrogen) atoms. The molecule has 7 nitrogen and oxygen atoms in total. The molecule has 1 unspecified atom stereocenters. The summed E-state index contributed by atoms with van der Waals surface area (Å²) in [6, 6.07) is 21.2. The van der Waals surface area contributed by atoms with Gasteiger partial charge in [-0.3, -0.25) is 4.79 Å². The predicted octanol–water partition coefficient (Wildman–Crippen LogP) is 5.20. The molecule has 0 fully saturated rings. The van der Waals surface area contributed by atoms with Crippen molar-refractivity contribution in [2.75, 3.05) is 18.5 Å². The predicted molar refractivity (Wildman–Crippen MR) is 134 cm³/mol. The zero-order chi connectivity index (χ0) is 24.9. The van der Waals surface area contributed by atoms with Crippen molar-refractivity contribution < 1.29 is 24.2 Å². The monoisotopic (exact) mass is 472 g/mol. The molecule has 180 valence electrons. The van der Waals surface area contributed by atoms with Crippen LogP contribution in [0, 0.1) is 12.8 Å². The molecule has 0 aliphatic heterocycles. The number of benzene rings is 3. The summed E-state index contributed by atoms with van der Waals surface area (Å²) in [7, 11) is 0. The summed E-state index contributed by atoms with van der Waals surface area (Å²) in [5.41, 5.74) is 5.52. The highest BCUT2D eigenvalue weighted by atomic mass is 16.5. The Morgan fingerprint density at radius 1 is 0.943 bits per heavy atom. The highest BCUT2D eigenvalue weighted by Gasteiger charge is 2.29. The molecule has 0 aromatic heterocycles. The number of carboxylic acids is 1. The number of aromatic carboxylic acids is 1. The average Bonchev–Trinajstić information content (AvgIpc) is 3.15. The Balaban J connectivity index is 1.27. The van der Waals surface area contributed by atoms with Gasteiger partial charge in [0, 0.05) is 18.9 Å². The quantitative estimate of drug-likeness (QED) is 0.418. The van der Waals surface area contributed by atoms with Gasteiger partial charge in [0.05, 0.1) is 11.3 Å². The Hall–Kier alpha value is -4.13. The van der Waals surface area contributed by atoms with E-state index in [1.54, 1.807) is 25.1 Å². The number of hydrogen-bond acceptors (Lipinski definition) is 4. The van der Waals surface area contributed by atoms with Gasteiger partial charge in [-0.15, -0.1) is 0 Å². The molecule has 4 rings (SSSR count). The molecule has 3 N–H and O–H groups in total. The van der Waals surface area contributed by atoms with Crippen molar-refractivity contribution in [1.82, 2.24) is 5.32 Å². The lowest BCUT2D eigenvalue weighted by Crippen LogP contribution is -2.31. The van der Waals surface area contributed by atoms with Crippen molar-refractivity contribution in [3.8, 4) is 11.1 Å². The Kier molecular flexibility index (Phi) is 7.15. The third-order valence-electron chi connectivity index (χ3n) is 6.23. The van der Waals surface area contributed by atoms with Gasteiger partial charge in [-0.2, -0.15) is 0 Å². The molecule has 0 saturated carbocycles. The summed E-state index contributed by atoms with van der Waals surface area (Å²) >= 11 is 0. The number of carboxylic acid groups (broad SMARTS) is 1. The van der Waals surface area contributed by atoms with E-state index in [0.29, 0.717) is 5.56 Å². The summed E-state index contributed by atoms with van der Waals surface area (Å²) in [5.74, 6) is -1.61. The lowest BCUT2D eigenvalue weighted by molar-refractivity contribution is -0.116. The number of aryl methyl sites for hydroxylation is 1. The van der Waals surface area contributed by atoms with E-state index in [0.717, 1.165) is 22.3 Å². The molecule has 0 radical (unpaired) electrons. The van der Waals surface area contributed by atoms with Crippen LogP contribution in [0.4, 0.5) is 10.5 Å². The van der Waals surface area contributed by atoms with Gasteiger partial charge in [-0.05, 0) is 46.7 Å². The highest BCUT2D eigenvalue weighted by Crippen LogP contribution is 2.44. The Bertz CT molecular complexity index is 1220. The molecule has 1 aliphatic rings. The van der Waals surface area contributed by atoms with E-state index >= 15 is 0 Å². The Labute approximate surface area is 204 Å². The van der Waals surface area contributed by atoms with E-state index in [4.69, 9.17) is 4.74 Å². The molecular formula is C28H28N2O5. The summed E-state index contributed by atoms with van der Waals surface area (Å²) in [5, 5.41) is 14.8. The number of anilines is 1. The van der Waals surface area contributed by atoms with Crippen LogP contribution in [-0.2, 0) is 9.53 Å². The molecule has 1 aliphatic carbocycles. The van der Waals surface area contributed by atoms with Crippen LogP contribution in [0.2, 0.25) is 0 Å². The largest absolute Gasteiger partial charge is 0.478 e. The van der Waals surface area contributed by atoms with Crippen molar-refractivity contribution in [3.63, 3.8) is 0 Å². The van der Waals surface area contributed by atoms with Gasteiger partial charge in [0.2, 0.25) is 5.91 Å². The number of rotatable bonds is 8. The first kappa shape index (κ1) is 24.0. The maximum absolute atomic E-state index is 12.4. The topological polar surface area (TPSA) is 105 Å². The van der Waals surface area contributed by atoms with Gasteiger partial charge >= 0.3 is 12.1 Å². The van der Waals surface area contributed by atoms with E-state index in [2.05, 4.69) is 34.9 Å². The fraction of sp³-hybridized carbons (Fsp3) is 0.250. The second-order valence-corrected chi connectivity index (χ2v) is 8.87. The van der Waals surface area contributed by atoms with Gasteiger partial charge in [-0.1, -0.05) is 67.6 Å².